The van der Waals surface area contributed by atoms with Gasteiger partial charge in [-0.1, -0.05) is 15.9 Å². The lowest BCUT2D eigenvalue weighted by Gasteiger charge is -2.18. The Balaban J connectivity index is 2.59. The lowest BCUT2D eigenvalue weighted by molar-refractivity contribution is -0.119. The van der Waals surface area contributed by atoms with Crippen LogP contribution in [0, 0.1) is 6.92 Å². The largest absolute Gasteiger partial charge is 0.488 e. The molecule has 1 heterocycles. The molecule has 0 aromatic heterocycles. The van der Waals surface area contributed by atoms with Crippen LogP contribution in [0.4, 0.5) is 5.69 Å². The van der Waals surface area contributed by atoms with Crippen LogP contribution in [-0.2, 0) is 4.79 Å². The van der Waals surface area contributed by atoms with Crippen LogP contribution in [0.15, 0.2) is 16.6 Å². The maximum absolute atomic E-state index is 11.8. The van der Waals surface area contributed by atoms with E-state index in [1.165, 1.54) is 0 Å². The van der Waals surface area contributed by atoms with Crippen molar-refractivity contribution >= 4 is 27.5 Å². The number of aryl methyl sites for hydroxylation is 1. The Morgan fingerprint density at radius 2 is 2.19 bits per heavy atom. The van der Waals surface area contributed by atoms with Gasteiger partial charge in [0.15, 0.2) is 0 Å². The minimum atomic E-state index is -0.0731. The van der Waals surface area contributed by atoms with Gasteiger partial charge in [0.25, 0.3) is 0 Å². The van der Waals surface area contributed by atoms with E-state index in [0.717, 1.165) is 21.5 Å². The summed E-state index contributed by atoms with van der Waals surface area (Å²) in [6.45, 7) is 3.91. The molecule has 0 N–H and O–H groups in total. The summed E-state index contributed by atoms with van der Waals surface area (Å²) in [5.74, 6) is 0.896. The molecule has 86 valence electrons. The highest BCUT2D eigenvalue weighted by Crippen LogP contribution is 2.37. The van der Waals surface area contributed by atoms with Crippen LogP contribution in [0.2, 0.25) is 0 Å². The van der Waals surface area contributed by atoms with Crippen LogP contribution < -0.4 is 9.64 Å². The Morgan fingerprint density at radius 3 is 2.88 bits per heavy atom. The topological polar surface area (TPSA) is 29.5 Å². The van der Waals surface area contributed by atoms with Gasteiger partial charge in [-0.05, 0) is 31.5 Å². The first-order valence-corrected chi connectivity index (χ1v) is 6.01. The van der Waals surface area contributed by atoms with Gasteiger partial charge in [-0.25, -0.2) is 0 Å². The van der Waals surface area contributed by atoms with Crippen molar-refractivity contribution in [3.05, 3.63) is 22.2 Å². The number of hydrogen-bond acceptors (Lipinski definition) is 2. The average molecular weight is 284 g/mol. The minimum absolute atomic E-state index is 0.0731. The molecule has 1 aromatic carbocycles. The van der Waals surface area contributed by atoms with Gasteiger partial charge in [-0.3, -0.25) is 4.79 Å². The predicted octanol–water partition coefficient (Wildman–Crippen LogP) is 2.89. The Kier molecular flexibility index (Phi) is 2.93. The highest BCUT2D eigenvalue weighted by molar-refractivity contribution is 9.10. The van der Waals surface area contributed by atoms with Crippen molar-refractivity contribution in [2.24, 2.45) is 0 Å². The van der Waals surface area contributed by atoms with E-state index < -0.39 is 0 Å². The second-order valence-corrected chi connectivity index (χ2v) is 5.07. The Bertz CT molecular complexity index is 445. The van der Waals surface area contributed by atoms with Crippen LogP contribution in [0.1, 0.15) is 18.9 Å². The summed E-state index contributed by atoms with van der Waals surface area (Å²) in [6.07, 6.45) is 0.346. The van der Waals surface area contributed by atoms with Crippen molar-refractivity contribution < 1.29 is 9.53 Å². The van der Waals surface area contributed by atoms with E-state index in [9.17, 15) is 4.79 Å². The van der Waals surface area contributed by atoms with Gasteiger partial charge in [0, 0.05) is 11.5 Å². The molecule has 2 rings (SSSR count). The van der Waals surface area contributed by atoms with Gasteiger partial charge in [-0.2, -0.15) is 0 Å². The van der Waals surface area contributed by atoms with E-state index in [-0.39, 0.29) is 12.0 Å². The fourth-order valence-corrected chi connectivity index (χ4v) is 2.43. The lowest BCUT2D eigenvalue weighted by atomic mass is 10.2. The van der Waals surface area contributed by atoms with Crippen LogP contribution in [0.5, 0.6) is 5.75 Å². The van der Waals surface area contributed by atoms with Gasteiger partial charge >= 0.3 is 0 Å². The molecule has 0 radical (unpaired) electrons. The number of hydrogen-bond donors (Lipinski definition) is 0. The van der Waals surface area contributed by atoms with Crippen molar-refractivity contribution in [3.8, 4) is 5.75 Å². The van der Waals surface area contributed by atoms with Gasteiger partial charge < -0.3 is 9.64 Å². The number of benzene rings is 1. The first-order chi connectivity index (χ1) is 7.49. The summed E-state index contributed by atoms with van der Waals surface area (Å²) in [4.78, 5) is 13.5. The van der Waals surface area contributed by atoms with Gasteiger partial charge in [-0.15, -0.1) is 0 Å². The molecule has 1 aromatic rings. The number of anilines is 1. The first-order valence-electron chi connectivity index (χ1n) is 5.22. The van der Waals surface area contributed by atoms with E-state index in [2.05, 4.69) is 15.9 Å². The standard InChI is InChI=1S/C12H14BrNO2/c1-7-4-9(13)6-10-12(7)16-8(2)5-11(15)14(10)3/h4,6,8H,5H2,1-3H3. The summed E-state index contributed by atoms with van der Waals surface area (Å²) in [6, 6.07) is 3.91. The van der Waals surface area contributed by atoms with Crippen LogP contribution in [0.3, 0.4) is 0 Å². The summed E-state index contributed by atoms with van der Waals surface area (Å²) in [7, 11) is 1.79. The van der Waals surface area contributed by atoms with Gasteiger partial charge in [0.1, 0.15) is 11.9 Å². The molecule has 0 saturated heterocycles. The molecular formula is C12H14BrNO2. The molecule has 1 unspecified atom stereocenters. The lowest BCUT2D eigenvalue weighted by Crippen LogP contribution is -2.27. The van der Waals surface area contributed by atoms with Crippen molar-refractivity contribution in [2.75, 3.05) is 11.9 Å². The highest BCUT2D eigenvalue weighted by Gasteiger charge is 2.25. The number of amides is 1. The molecule has 0 spiro atoms. The Hall–Kier alpha value is -1.03. The van der Waals surface area contributed by atoms with Crippen molar-refractivity contribution in [1.82, 2.24) is 0 Å². The molecule has 1 atom stereocenters. The summed E-state index contributed by atoms with van der Waals surface area (Å²) in [5.41, 5.74) is 1.87. The number of halogens is 1. The number of rotatable bonds is 0. The third-order valence-electron chi connectivity index (χ3n) is 2.74. The Morgan fingerprint density at radius 1 is 1.50 bits per heavy atom. The second-order valence-electron chi connectivity index (χ2n) is 4.16. The summed E-state index contributed by atoms with van der Waals surface area (Å²) >= 11 is 3.44. The molecule has 0 saturated carbocycles. The van der Waals surface area contributed by atoms with Gasteiger partial charge in [0.05, 0.1) is 12.1 Å². The molecule has 16 heavy (non-hydrogen) atoms. The molecule has 1 aliphatic heterocycles. The zero-order valence-corrected chi connectivity index (χ0v) is 11.2. The fourth-order valence-electron chi connectivity index (χ4n) is 1.87. The molecule has 0 aliphatic carbocycles. The monoisotopic (exact) mass is 283 g/mol. The molecule has 3 nitrogen and oxygen atoms in total. The number of carbonyl (C=O) groups is 1. The maximum Gasteiger partial charge on any atom is 0.230 e. The van der Waals surface area contributed by atoms with Crippen LogP contribution in [0.25, 0.3) is 0 Å². The van der Waals surface area contributed by atoms with Crippen LogP contribution >= 0.6 is 15.9 Å². The van der Waals surface area contributed by atoms with Crippen molar-refractivity contribution in [3.63, 3.8) is 0 Å². The molecule has 1 amide bonds. The molecule has 4 heteroatoms. The average Bonchev–Trinajstić information content (AvgIpc) is 2.29. The second kappa shape index (κ2) is 4.09. The van der Waals surface area contributed by atoms with Gasteiger partial charge in [0.2, 0.25) is 5.91 Å². The van der Waals surface area contributed by atoms with E-state index in [0.29, 0.717) is 6.42 Å². The zero-order valence-electron chi connectivity index (χ0n) is 9.58. The van der Waals surface area contributed by atoms with Crippen molar-refractivity contribution in [1.29, 1.82) is 0 Å². The number of nitrogens with zero attached hydrogens (tertiary/aromatic N) is 1. The van der Waals surface area contributed by atoms with E-state index in [1.807, 2.05) is 26.0 Å². The molecular weight excluding hydrogens is 270 g/mol. The van der Waals surface area contributed by atoms with E-state index in [4.69, 9.17) is 4.74 Å². The quantitative estimate of drug-likeness (QED) is 0.733. The first kappa shape index (κ1) is 11.5. The normalized spacial score (nSPS) is 20.1. The highest BCUT2D eigenvalue weighted by atomic mass is 79.9. The number of ether oxygens (including phenoxy) is 1. The number of carbonyl (C=O) groups excluding carboxylic acids is 1. The zero-order chi connectivity index (χ0) is 11.9. The molecule has 0 bridgehead atoms. The van der Waals surface area contributed by atoms with E-state index in [1.54, 1.807) is 11.9 Å². The van der Waals surface area contributed by atoms with E-state index >= 15 is 0 Å². The predicted molar refractivity (Wildman–Crippen MR) is 67.0 cm³/mol. The third-order valence-corrected chi connectivity index (χ3v) is 3.19. The summed E-state index contributed by atoms with van der Waals surface area (Å²) in [5, 5.41) is 0. The third kappa shape index (κ3) is 1.94. The van der Waals surface area contributed by atoms with Crippen molar-refractivity contribution in [2.45, 2.75) is 26.4 Å². The molecule has 0 fully saturated rings. The Labute approximate surface area is 104 Å². The summed E-state index contributed by atoms with van der Waals surface area (Å²) < 4.78 is 6.76. The maximum atomic E-state index is 11.8. The molecule has 1 aliphatic rings. The smallest absolute Gasteiger partial charge is 0.230 e. The SMILES string of the molecule is Cc1cc(Br)cc2c1OC(C)CC(=O)N2C. The minimum Gasteiger partial charge on any atom is -0.488 e. The number of fused-ring (bicyclic) bond motifs is 1. The fraction of sp³-hybridized carbons (Fsp3) is 0.417. The van der Waals surface area contributed by atoms with Crippen LogP contribution in [-0.4, -0.2) is 19.1 Å².